The molecule has 1 saturated heterocycles. The van der Waals surface area contributed by atoms with E-state index in [1.165, 1.54) is 0 Å². The number of likely N-dealkylation sites (tertiary alicyclic amines) is 1. The van der Waals surface area contributed by atoms with Gasteiger partial charge in [0.15, 0.2) is 0 Å². The number of carbonyl (C=O) groups is 2. The molecule has 5 heterocycles. The molecule has 0 radical (unpaired) electrons. The molecule has 0 saturated carbocycles. The third-order valence-corrected chi connectivity index (χ3v) is 13.5. The molecule has 2 unspecified atom stereocenters. The van der Waals surface area contributed by atoms with Crippen LogP contribution in [0.25, 0.3) is 32.9 Å². The molecule has 57 heavy (non-hydrogen) atoms. The number of likely N-dealkylation sites (N-methyl/N-ethyl adjacent to an activating group) is 1. The number of hydrogen-bond donors (Lipinski definition) is 1. The fraction of sp³-hybridized carbons (Fsp3) is 0.400. The van der Waals surface area contributed by atoms with Gasteiger partial charge in [0.25, 0.3) is 5.91 Å². The first-order chi connectivity index (χ1) is 27.1. The quantitative estimate of drug-likeness (QED) is 0.110. The molecule has 1 N–H and O–H groups in total. The van der Waals surface area contributed by atoms with E-state index in [0.29, 0.717) is 42.8 Å². The molecule has 3 aromatic carbocycles. The summed E-state index contributed by atoms with van der Waals surface area (Å²) in [6.07, 6.45) is 5.60. The van der Waals surface area contributed by atoms with Crippen LogP contribution in [-0.4, -0.2) is 80.2 Å². The van der Waals surface area contributed by atoms with Gasteiger partial charge in [-0.05, 0) is 101 Å². The van der Waals surface area contributed by atoms with Crippen molar-refractivity contribution in [2.24, 2.45) is 7.05 Å². The maximum atomic E-state index is 15.4. The highest BCUT2D eigenvalue weighted by Crippen LogP contribution is 2.46. The average Bonchev–Trinajstić information content (AvgIpc) is 3.87. The van der Waals surface area contributed by atoms with Gasteiger partial charge >= 0.3 is 5.97 Å². The van der Waals surface area contributed by atoms with Gasteiger partial charge in [-0.1, -0.05) is 29.3 Å². The number of rotatable bonds is 10. The Morgan fingerprint density at radius 3 is 2.40 bits per heavy atom. The van der Waals surface area contributed by atoms with Gasteiger partial charge in [0.2, 0.25) is 0 Å². The average molecular weight is 811 g/mol. The molecule has 1 fully saturated rings. The van der Waals surface area contributed by atoms with Crippen molar-refractivity contribution in [3.8, 4) is 16.9 Å². The van der Waals surface area contributed by atoms with Gasteiger partial charge in [-0.3, -0.25) is 9.48 Å². The molecule has 0 bridgehead atoms. The highest BCUT2D eigenvalue weighted by atomic mass is 35.5. The Morgan fingerprint density at radius 2 is 1.75 bits per heavy atom. The largest absolute Gasteiger partial charge is 0.494 e. The van der Waals surface area contributed by atoms with E-state index in [4.69, 9.17) is 33.0 Å². The molecule has 8 rings (SSSR count). The molecule has 298 valence electrons. The number of nitrogens with zero attached hydrogens (tertiary/aromatic N) is 6. The lowest BCUT2D eigenvalue weighted by molar-refractivity contribution is -0.902. The predicted molar refractivity (Wildman–Crippen MR) is 229 cm³/mol. The lowest BCUT2D eigenvalue weighted by Gasteiger charge is -2.34. The van der Waals surface area contributed by atoms with E-state index in [1.807, 2.05) is 74.7 Å². The summed E-state index contributed by atoms with van der Waals surface area (Å²) < 4.78 is 13.5. The van der Waals surface area contributed by atoms with Crippen LogP contribution >= 0.6 is 23.2 Å². The zero-order valence-corrected chi connectivity index (χ0v) is 35.6. The minimum Gasteiger partial charge on any atom is -0.494 e. The van der Waals surface area contributed by atoms with Crippen molar-refractivity contribution < 1.29 is 23.9 Å². The van der Waals surface area contributed by atoms with Crippen LogP contribution in [0.15, 0.2) is 48.7 Å². The number of ether oxygens (including phenoxy) is 1. The molecule has 3 aromatic heterocycles. The second-order valence-corrected chi connectivity index (χ2v) is 17.6. The molecule has 10 nitrogen and oxygen atoms in total. The molecular formula is C45H51Cl2N6O4+. The van der Waals surface area contributed by atoms with Crippen LogP contribution in [0.4, 0.5) is 5.69 Å². The van der Waals surface area contributed by atoms with Gasteiger partial charge in [-0.15, -0.1) is 0 Å². The fourth-order valence-electron chi connectivity index (χ4n) is 9.52. The lowest BCUT2D eigenvalue weighted by Crippen LogP contribution is -2.45. The van der Waals surface area contributed by atoms with Crippen LogP contribution in [0.5, 0.6) is 5.75 Å². The maximum Gasteiger partial charge on any atom is 0.335 e. The van der Waals surface area contributed by atoms with E-state index in [2.05, 4.69) is 36.4 Å². The van der Waals surface area contributed by atoms with Crippen LogP contribution in [0.3, 0.4) is 0 Å². The number of hydrogen-bond acceptors (Lipinski definition) is 4. The number of quaternary nitrogens is 1. The smallest absolute Gasteiger partial charge is 0.335 e. The van der Waals surface area contributed by atoms with Crippen molar-refractivity contribution >= 4 is 62.6 Å². The number of aryl methyl sites for hydroxylation is 5. The summed E-state index contributed by atoms with van der Waals surface area (Å²) >= 11 is 13.6. The van der Waals surface area contributed by atoms with Crippen molar-refractivity contribution in [1.82, 2.24) is 18.9 Å². The summed E-state index contributed by atoms with van der Waals surface area (Å²) in [7, 11) is 6.49. The van der Waals surface area contributed by atoms with E-state index in [0.717, 1.165) is 108 Å². The monoisotopic (exact) mass is 809 g/mol. The van der Waals surface area contributed by atoms with Crippen LogP contribution < -0.4 is 9.64 Å². The Hall–Kier alpha value is -4.77. The summed E-state index contributed by atoms with van der Waals surface area (Å²) in [6.45, 7) is 12.9. The first kappa shape index (κ1) is 39.1. The van der Waals surface area contributed by atoms with E-state index in [-0.39, 0.29) is 17.5 Å². The maximum absolute atomic E-state index is 15.4. The predicted octanol–water partition coefficient (Wildman–Crippen LogP) is 9.71. The third-order valence-electron chi connectivity index (χ3n) is 12.6. The third kappa shape index (κ3) is 6.59. The van der Waals surface area contributed by atoms with E-state index < -0.39 is 5.97 Å². The summed E-state index contributed by atoms with van der Waals surface area (Å²) in [6, 6.07) is 13.4. The van der Waals surface area contributed by atoms with E-state index >= 15 is 4.79 Å². The number of aromatic nitrogens is 4. The van der Waals surface area contributed by atoms with Gasteiger partial charge < -0.3 is 28.4 Å². The first-order valence-corrected chi connectivity index (χ1v) is 20.6. The van der Waals surface area contributed by atoms with Gasteiger partial charge in [0.1, 0.15) is 17.5 Å². The van der Waals surface area contributed by atoms with Crippen LogP contribution in [0.1, 0.15) is 81.2 Å². The highest BCUT2D eigenvalue weighted by molar-refractivity contribution is 6.35. The zero-order valence-electron chi connectivity index (χ0n) is 34.0. The standard InChI is InChI=1S/C45H50Cl2N6O4/c1-25-19-32(20-26(2)41(25)47)57-18-10-12-33-34-14-15-36(46)40(39-28(4)48-49(6)29(39)5)42(34)52-27(3)22-51(44(54)43(33)52)38-24-50(23-31-11-9-17-53(31,7)8)37-16-13-30(45(55)56)21-35(37)38/h13-16,19-21,24,27,31H,9-12,17-18,22-23H2,1-8H3/p+1. The summed E-state index contributed by atoms with van der Waals surface area (Å²) in [5, 5.41) is 17.9. The Kier molecular flexibility index (Phi) is 9.98. The van der Waals surface area contributed by atoms with Crippen LogP contribution in [0, 0.1) is 27.7 Å². The van der Waals surface area contributed by atoms with E-state index in [9.17, 15) is 9.90 Å². The number of carboxylic acid groups (broad SMARTS) is 1. The van der Waals surface area contributed by atoms with Gasteiger partial charge in [0.05, 0.1) is 66.8 Å². The van der Waals surface area contributed by atoms with Gasteiger partial charge in [-0.2, -0.15) is 5.10 Å². The Morgan fingerprint density at radius 1 is 1.02 bits per heavy atom. The molecule has 0 aliphatic carbocycles. The normalized spacial score (nSPS) is 17.9. The van der Waals surface area contributed by atoms with E-state index in [1.54, 1.807) is 12.1 Å². The highest BCUT2D eigenvalue weighted by Gasteiger charge is 2.39. The van der Waals surface area contributed by atoms with Crippen LogP contribution in [0.2, 0.25) is 10.0 Å². The van der Waals surface area contributed by atoms with Crippen molar-refractivity contribution in [1.29, 1.82) is 0 Å². The summed E-state index contributed by atoms with van der Waals surface area (Å²) in [5.74, 6) is -0.355. The number of amides is 1. The number of anilines is 1. The van der Waals surface area contributed by atoms with Crippen LogP contribution in [-0.2, 0) is 20.0 Å². The number of benzene rings is 3. The SMILES string of the molecule is Cc1cc(OCCCc2c3n(c4c(-c5c(C)nn(C)c5C)c(Cl)ccc24)C(C)CN(c2cn(CC4CCC[N+]4(C)C)c4ccc(C(=O)O)cc24)C3=O)cc(C)c1Cl. The Balaban J connectivity index is 1.27. The second-order valence-electron chi connectivity index (χ2n) is 16.8. The Bertz CT molecular complexity index is 2590. The van der Waals surface area contributed by atoms with Crippen molar-refractivity contribution in [3.05, 3.63) is 98.0 Å². The number of carbonyl (C=O) groups excluding carboxylic acids is 1. The van der Waals surface area contributed by atoms with Gasteiger partial charge in [0, 0.05) is 71.3 Å². The molecular weight excluding hydrogens is 759 g/mol. The minimum absolute atomic E-state index is 0.123. The van der Waals surface area contributed by atoms with Crippen molar-refractivity contribution in [2.75, 3.05) is 38.7 Å². The number of aromatic carboxylic acids is 1. The van der Waals surface area contributed by atoms with Crippen molar-refractivity contribution in [3.63, 3.8) is 0 Å². The zero-order chi connectivity index (χ0) is 40.7. The molecule has 0 spiro atoms. The summed E-state index contributed by atoms with van der Waals surface area (Å²) in [4.78, 5) is 29.6. The molecule has 1 amide bonds. The lowest BCUT2D eigenvalue weighted by atomic mass is 9.98. The summed E-state index contributed by atoms with van der Waals surface area (Å²) in [5.41, 5.74) is 9.96. The molecule has 2 aliphatic heterocycles. The number of halogens is 2. The number of fused-ring (bicyclic) bond motifs is 4. The molecule has 2 aliphatic rings. The number of carboxylic acids is 1. The molecule has 12 heteroatoms. The topological polar surface area (TPSA) is 94.5 Å². The second kappa shape index (κ2) is 14.6. The fourth-order valence-corrected chi connectivity index (χ4v) is 9.88. The van der Waals surface area contributed by atoms with Gasteiger partial charge in [-0.25, -0.2) is 4.79 Å². The first-order valence-electron chi connectivity index (χ1n) is 19.8. The minimum atomic E-state index is -0.999. The molecule has 6 aromatic rings. The Labute approximate surface area is 343 Å². The molecule has 2 atom stereocenters. The van der Waals surface area contributed by atoms with Crippen molar-refractivity contribution in [2.45, 2.75) is 78.9 Å².